The first-order valence-electron chi connectivity index (χ1n) is 9.57. The van der Waals surface area contributed by atoms with Gasteiger partial charge in [0.15, 0.2) is 5.96 Å². The molecule has 0 radical (unpaired) electrons. The topological polar surface area (TPSA) is 75.0 Å². The predicted molar refractivity (Wildman–Crippen MR) is 101 cm³/mol. The number of anilines is 1. The molecular weight excluding hydrogens is 332 g/mol. The van der Waals surface area contributed by atoms with Gasteiger partial charge in [0.25, 0.3) is 0 Å². The number of nitrogens with one attached hydrogen (secondary N) is 1. The van der Waals surface area contributed by atoms with Gasteiger partial charge in [-0.3, -0.25) is 14.5 Å². The molecule has 0 saturated carbocycles. The Labute approximate surface area is 155 Å². The number of hydrogen-bond donors (Lipinski definition) is 1. The van der Waals surface area contributed by atoms with E-state index >= 15 is 0 Å². The van der Waals surface area contributed by atoms with E-state index in [0.717, 1.165) is 63.8 Å². The molecule has 2 aliphatic rings. The van der Waals surface area contributed by atoms with E-state index in [0.29, 0.717) is 19.0 Å². The highest BCUT2D eigenvalue weighted by molar-refractivity contribution is 5.98. The zero-order valence-electron chi connectivity index (χ0n) is 15.9. The van der Waals surface area contributed by atoms with E-state index in [1.54, 1.807) is 15.8 Å². The van der Waals surface area contributed by atoms with Gasteiger partial charge in [0.2, 0.25) is 5.91 Å². The van der Waals surface area contributed by atoms with Crippen LogP contribution in [0.5, 0.6) is 0 Å². The Hall–Kier alpha value is -2.09. The number of aromatic nitrogens is 2. The number of piperazine rings is 1. The maximum atomic E-state index is 12.6. The van der Waals surface area contributed by atoms with Crippen molar-refractivity contribution in [3.05, 3.63) is 12.4 Å². The minimum absolute atomic E-state index is 0.0827. The minimum atomic E-state index is 0.0827. The van der Waals surface area contributed by atoms with Gasteiger partial charge in [-0.05, 0) is 32.1 Å². The zero-order chi connectivity index (χ0) is 18.4. The summed E-state index contributed by atoms with van der Waals surface area (Å²) in [4.78, 5) is 21.2. The van der Waals surface area contributed by atoms with E-state index in [2.05, 4.69) is 22.2 Å². The molecule has 1 amide bonds. The summed E-state index contributed by atoms with van der Waals surface area (Å²) < 4.78 is 7.14. The second-order valence-electron chi connectivity index (χ2n) is 6.92. The molecule has 0 bridgehead atoms. The number of aliphatic imine (C=N–C) groups is 1. The highest BCUT2D eigenvalue weighted by atomic mass is 16.5. The van der Waals surface area contributed by atoms with Gasteiger partial charge in [-0.15, -0.1) is 0 Å². The fourth-order valence-corrected chi connectivity index (χ4v) is 3.49. The fourth-order valence-electron chi connectivity index (χ4n) is 3.49. The van der Waals surface area contributed by atoms with Crippen molar-refractivity contribution < 1.29 is 9.53 Å². The summed E-state index contributed by atoms with van der Waals surface area (Å²) in [6.45, 7) is 7.16. The average Bonchev–Trinajstić information content (AvgIpc) is 3.08. The molecule has 0 aromatic carbocycles. The van der Waals surface area contributed by atoms with Gasteiger partial charge in [0.05, 0.1) is 11.9 Å². The molecule has 2 aliphatic heterocycles. The highest BCUT2D eigenvalue weighted by Crippen LogP contribution is 2.19. The summed E-state index contributed by atoms with van der Waals surface area (Å²) in [5, 5.41) is 7.49. The first-order valence-corrected chi connectivity index (χ1v) is 9.57. The lowest BCUT2D eigenvalue weighted by Gasteiger charge is -2.35. The maximum Gasteiger partial charge on any atom is 0.246 e. The van der Waals surface area contributed by atoms with Crippen LogP contribution in [0, 0.1) is 5.92 Å². The van der Waals surface area contributed by atoms with Crippen molar-refractivity contribution in [2.24, 2.45) is 18.0 Å². The molecule has 8 nitrogen and oxygen atoms in total. The number of hydrogen-bond acceptors (Lipinski definition) is 4. The van der Waals surface area contributed by atoms with Gasteiger partial charge in [0.1, 0.15) is 6.54 Å². The van der Waals surface area contributed by atoms with Crippen molar-refractivity contribution in [1.29, 1.82) is 0 Å². The van der Waals surface area contributed by atoms with Crippen LogP contribution in [0.4, 0.5) is 5.69 Å². The van der Waals surface area contributed by atoms with E-state index in [9.17, 15) is 4.79 Å². The second kappa shape index (κ2) is 9.02. The molecule has 0 aliphatic carbocycles. The first kappa shape index (κ1) is 18.7. The fraction of sp³-hybridized carbons (Fsp3) is 0.722. The van der Waals surface area contributed by atoms with Crippen molar-refractivity contribution >= 4 is 17.6 Å². The smallest absolute Gasteiger partial charge is 0.246 e. The van der Waals surface area contributed by atoms with Crippen LogP contribution in [-0.2, 0) is 16.6 Å². The Balaban J connectivity index is 1.56. The van der Waals surface area contributed by atoms with Gasteiger partial charge < -0.3 is 19.9 Å². The highest BCUT2D eigenvalue weighted by Gasteiger charge is 2.27. The molecule has 1 N–H and O–H groups in total. The van der Waals surface area contributed by atoms with Crippen LogP contribution in [0.1, 0.15) is 26.2 Å². The van der Waals surface area contributed by atoms with Gasteiger partial charge >= 0.3 is 0 Å². The largest absolute Gasteiger partial charge is 0.381 e. The minimum Gasteiger partial charge on any atom is -0.381 e. The summed E-state index contributed by atoms with van der Waals surface area (Å²) in [6.07, 6.45) is 6.96. The number of nitrogens with zero attached hydrogens (tertiary/aromatic N) is 5. The van der Waals surface area contributed by atoms with Crippen LogP contribution >= 0.6 is 0 Å². The van der Waals surface area contributed by atoms with Gasteiger partial charge in [0, 0.05) is 52.6 Å². The van der Waals surface area contributed by atoms with Crippen LogP contribution in [-0.4, -0.2) is 72.5 Å². The van der Waals surface area contributed by atoms with E-state index in [4.69, 9.17) is 9.73 Å². The van der Waals surface area contributed by atoms with Gasteiger partial charge in [-0.1, -0.05) is 0 Å². The van der Waals surface area contributed by atoms with E-state index in [1.165, 1.54) is 0 Å². The third-order valence-electron chi connectivity index (χ3n) is 5.00. The lowest BCUT2D eigenvalue weighted by molar-refractivity contribution is -0.120. The van der Waals surface area contributed by atoms with Crippen LogP contribution in [0.15, 0.2) is 17.4 Å². The predicted octanol–water partition coefficient (Wildman–Crippen LogP) is 0.851. The normalized spacial score (nSPS) is 19.9. The lowest BCUT2D eigenvalue weighted by Crippen LogP contribution is -2.55. The van der Waals surface area contributed by atoms with Crippen molar-refractivity contribution in [1.82, 2.24) is 20.0 Å². The molecular formula is C18H30N6O2. The van der Waals surface area contributed by atoms with Gasteiger partial charge in [-0.25, -0.2) is 0 Å². The van der Waals surface area contributed by atoms with E-state index in [1.807, 2.05) is 13.2 Å². The summed E-state index contributed by atoms with van der Waals surface area (Å²) in [7, 11) is 1.86. The van der Waals surface area contributed by atoms with Crippen molar-refractivity contribution in [2.75, 3.05) is 50.8 Å². The number of carbonyl (C=O) groups excluding carboxylic acids is 1. The quantitative estimate of drug-likeness (QED) is 0.621. The van der Waals surface area contributed by atoms with E-state index in [-0.39, 0.29) is 5.91 Å². The molecule has 8 heteroatoms. The Kier molecular flexibility index (Phi) is 6.49. The second-order valence-corrected chi connectivity index (χ2v) is 6.92. The van der Waals surface area contributed by atoms with Crippen molar-refractivity contribution in [3.63, 3.8) is 0 Å². The molecule has 144 valence electrons. The number of ether oxygens (including phenoxy) is 1. The SMILES string of the molecule is CCNC(=NCCC1CCOCC1)N1CCN(c2cnn(C)c2)C(=O)C1. The standard InChI is InChI=1S/C18H30N6O2/c1-3-19-18(20-7-4-15-5-10-26-11-6-15)23-8-9-24(17(25)14-23)16-12-21-22(2)13-16/h12-13,15H,3-11,14H2,1-2H3,(H,19,20). The van der Waals surface area contributed by atoms with Crippen molar-refractivity contribution in [2.45, 2.75) is 26.2 Å². The summed E-state index contributed by atoms with van der Waals surface area (Å²) in [5.74, 6) is 1.64. The van der Waals surface area contributed by atoms with Gasteiger partial charge in [-0.2, -0.15) is 5.10 Å². The third kappa shape index (κ3) is 4.75. The molecule has 3 heterocycles. The Morgan fingerprint density at radius 1 is 1.38 bits per heavy atom. The Morgan fingerprint density at radius 3 is 2.85 bits per heavy atom. The molecule has 2 saturated heterocycles. The number of rotatable bonds is 5. The summed E-state index contributed by atoms with van der Waals surface area (Å²) >= 11 is 0. The Bertz CT molecular complexity index is 623. The number of guanidine groups is 1. The molecule has 2 fully saturated rings. The molecule has 3 rings (SSSR count). The molecule has 26 heavy (non-hydrogen) atoms. The maximum absolute atomic E-state index is 12.6. The average molecular weight is 362 g/mol. The number of amides is 1. The lowest BCUT2D eigenvalue weighted by atomic mass is 9.97. The monoisotopic (exact) mass is 362 g/mol. The molecule has 0 atom stereocenters. The third-order valence-corrected chi connectivity index (χ3v) is 5.00. The Morgan fingerprint density at radius 2 is 2.19 bits per heavy atom. The molecule has 0 spiro atoms. The summed E-state index contributed by atoms with van der Waals surface area (Å²) in [6, 6.07) is 0. The molecule has 1 aromatic heterocycles. The molecule has 1 aromatic rings. The van der Waals surface area contributed by atoms with Crippen LogP contribution in [0.2, 0.25) is 0 Å². The zero-order valence-corrected chi connectivity index (χ0v) is 15.9. The van der Waals surface area contributed by atoms with Crippen molar-refractivity contribution in [3.8, 4) is 0 Å². The molecule has 0 unspecified atom stereocenters. The summed E-state index contributed by atoms with van der Waals surface area (Å²) in [5.41, 5.74) is 0.860. The number of aryl methyl sites for hydroxylation is 1. The van der Waals surface area contributed by atoms with Crippen LogP contribution < -0.4 is 10.2 Å². The van der Waals surface area contributed by atoms with Crippen LogP contribution in [0.25, 0.3) is 0 Å². The first-order chi connectivity index (χ1) is 12.7. The van der Waals surface area contributed by atoms with E-state index < -0.39 is 0 Å². The number of carbonyl (C=O) groups is 1. The van der Waals surface area contributed by atoms with Crippen LogP contribution in [0.3, 0.4) is 0 Å².